The number of anilines is 1. The van der Waals surface area contributed by atoms with Crippen molar-refractivity contribution in [1.29, 1.82) is 0 Å². The number of para-hydroxylation sites is 1. The minimum absolute atomic E-state index is 0.0236. The molecule has 1 atom stereocenters. The van der Waals surface area contributed by atoms with Gasteiger partial charge in [0.1, 0.15) is 5.76 Å². The Morgan fingerprint density at radius 2 is 2.11 bits per heavy atom. The molecule has 0 saturated heterocycles. The molecule has 0 fully saturated rings. The molecule has 0 aliphatic heterocycles. The number of hydrazine groups is 1. The van der Waals surface area contributed by atoms with Gasteiger partial charge in [0.25, 0.3) is 5.91 Å². The van der Waals surface area contributed by atoms with Crippen LogP contribution >= 0.6 is 0 Å². The van der Waals surface area contributed by atoms with Gasteiger partial charge in [0.05, 0.1) is 17.5 Å². The molecule has 1 amide bonds. The van der Waals surface area contributed by atoms with Gasteiger partial charge in [-0.25, -0.2) is 0 Å². The summed E-state index contributed by atoms with van der Waals surface area (Å²) in [6, 6.07) is 10.8. The molecular formula is C14H17N3O2. The summed E-state index contributed by atoms with van der Waals surface area (Å²) < 4.78 is 5.25. The Morgan fingerprint density at radius 1 is 1.32 bits per heavy atom. The van der Waals surface area contributed by atoms with E-state index in [-0.39, 0.29) is 11.9 Å². The van der Waals surface area contributed by atoms with Crippen molar-refractivity contribution >= 4 is 11.6 Å². The first-order valence-electron chi connectivity index (χ1n) is 6.09. The minimum Gasteiger partial charge on any atom is -0.469 e. The van der Waals surface area contributed by atoms with Crippen LogP contribution in [0.15, 0.2) is 47.1 Å². The van der Waals surface area contributed by atoms with Gasteiger partial charge in [0.2, 0.25) is 0 Å². The van der Waals surface area contributed by atoms with Crippen molar-refractivity contribution in [2.75, 3.05) is 5.43 Å². The first-order valence-corrected chi connectivity index (χ1v) is 6.09. The van der Waals surface area contributed by atoms with Crippen molar-refractivity contribution in [3.05, 3.63) is 54.0 Å². The van der Waals surface area contributed by atoms with E-state index in [9.17, 15) is 4.79 Å². The van der Waals surface area contributed by atoms with Crippen LogP contribution in [0.3, 0.4) is 0 Å². The predicted molar refractivity (Wildman–Crippen MR) is 73.6 cm³/mol. The molecule has 0 aliphatic rings. The van der Waals surface area contributed by atoms with E-state index in [1.807, 2.05) is 25.1 Å². The summed E-state index contributed by atoms with van der Waals surface area (Å²) in [5, 5.41) is 2.91. The smallest absolute Gasteiger partial charge is 0.253 e. The summed E-state index contributed by atoms with van der Waals surface area (Å²) in [5.41, 5.74) is 3.64. The standard InChI is InChI=1S/C14H17N3O2/c1-10(9-11-5-4-8-19-11)16-14(18)12-6-2-3-7-13(12)17-15/h2-8,10,17H,9,15H2,1H3,(H,16,18). The maximum absolute atomic E-state index is 12.1. The quantitative estimate of drug-likeness (QED) is 0.566. The van der Waals surface area contributed by atoms with Crippen LogP contribution in [0.1, 0.15) is 23.0 Å². The number of nitrogens with one attached hydrogen (secondary N) is 2. The Balaban J connectivity index is 2.00. The third-order valence-electron chi connectivity index (χ3n) is 2.79. The van der Waals surface area contributed by atoms with E-state index in [2.05, 4.69) is 10.7 Å². The van der Waals surface area contributed by atoms with Gasteiger partial charge < -0.3 is 15.2 Å². The summed E-state index contributed by atoms with van der Waals surface area (Å²) in [4.78, 5) is 12.1. The highest BCUT2D eigenvalue weighted by Crippen LogP contribution is 2.13. The molecule has 2 aromatic rings. The van der Waals surface area contributed by atoms with E-state index in [0.29, 0.717) is 17.7 Å². The lowest BCUT2D eigenvalue weighted by molar-refractivity contribution is 0.0940. The Kier molecular flexibility index (Phi) is 4.20. The fourth-order valence-corrected chi connectivity index (χ4v) is 1.89. The Morgan fingerprint density at radius 3 is 2.79 bits per heavy atom. The van der Waals surface area contributed by atoms with Crippen molar-refractivity contribution in [1.82, 2.24) is 5.32 Å². The monoisotopic (exact) mass is 259 g/mol. The van der Waals surface area contributed by atoms with Crippen LogP contribution in [-0.2, 0) is 6.42 Å². The van der Waals surface area contributed by atoms with Crippen LogP contribution in [0.4, 0.5) is 5.69 Å². The summed E-state index contributed by atoms with van der Waals surface area (Å²) in [6.45, 7) is 1.93. The average molecular weight is 259 g/mol. The second-order valence-corrected chi connectivity index (χ2v) is 4.35. The normalized spacial score (nSPS) is 11.9. The van der Waals surface area contributed by atoms with Crippen LogP contribution in [0.5, 0.6) is 0 Å². The number of rotatable bonds is 5. The van der Waals surface area contributed by atoms with Gasteiger partial charge in [-0.1, -0.05) is 12.1 Å². The van der Waals surface area contributed by atoms with E-state index in [4.69, 9.17) is 10.3 Å². The molecule has 1 aromatic heterocycles. The van der Waals surface area contributed by atoms with Gasteiger partial charge in [-0.15, -0.1) is 0 Å². The molecule has 1 heterocycles. The average Bonchev–Trinajstić information content (AvgIpc) is 2.91. The summed E-state index contributed by atoms with van der Waals surface area (Å²) >= 11 is 0. The molecule has 2 rings (SSSR count). The number of nitrogen functional groups attached to an aromatic ring is 1. The molecule has 0 spiro atoms. The number of hydrogen-bond donors (Lipinski definition) is 3. The van der Waals surface area contributed by atoms with Crippen LogP contribution in [0.25, 0.3) is 0 Å². The minimum atomic E-state index is -0.160. The van der Waals surface area contributed by atoms with Gasteiger partial charge in [-0.3, -0.25) is 10.6 Å². The molecule has 5 heteroatoms. The SMILES string of the molecule is CC(Cc1ccco1)NC(=O)c1ccccc1NN. The van der Waals surface area contributed by atoms with E-state index in [0.717, 1.165) is 5.76 Å². The molecule has 0 bridgehead atoms. The third kappa shape index (κ3) is 3.35. The molecule has 0 aliphatic carbocycles. The van der Waals surface area contributed by atoms with Crippen molar-refractivity contribution in [2.24, 2.45) is 5.84 Å². The number of nitrogens with two attached hydrogens (primary N) is 1. The summed E-state index contributed by atoms with van der Waals surface area (Å²) in [5.74, 6) is 6.07. The molecular weight excluding hydrogens is 242 g/mol. The van der Waals surface area contributed by atoms with Crippen molar-refractivity contribution in [2.45, 2.75) is 19.4 Å². The van der Waals surface area contributed by atoms with Crippen LogP contribution in [0.2, 0.25) is 0 Å². The lowest BCUT2D eigenvalue weighted by Gasteiger charge is -2.14. The number of amides is 1. The molecule has 1 unspecified atom stereocenters. The molecule has 0 saturated carbocycles. The molecule has 0 radical (unpaired) electrons. The largest absolute Gasteiger partial charge is 0.469 e. The Labute approximate surface area is 111 Å². The fourth-order valence-electron chi connectivity index (χ4n) is 1.89. The van der Waals surface area contributed by atoms with Gasteiger partial charge in [-0.2, -0.15) is 0 Å². The third-order valence-corrected chi connectivity index (χ3v) is 2.79. The fraction of sp³-hybridized carbons (Fsp3) is 0.214. The number of furan rings is 1. The van der Waals surface area contributed by atoms with Crippen molar-refractivity contribution < 1.29 is 9.21 Å². The van der Waals surface area contributed by atoms with Crippen molar-refractivity contribution in [3.63, 3.8) is 0 Å². The van der Waals surface area contributed by atoms with Crippen LogP contribution in [0, 0.1) is 0 Å². The van der Waals surface area contributed by atoms with Gasteiger partial charge >= 0.3 is 0 Å². The maximum atomic E-state index is 12.1. The molecule has 4 N–H and O–H groups in total. The van der Waals surface area contributed by atoms with Gasteiger partial charge in [-0.05, 0) is 31.2 Å². The summed E-state index contributed by atoms with van der Waals surface area (Å²) in [6.07, 6.45) is 2.27. The predicted octanol–water partition coefficient (Wildman–Crippen LogP) is 1.93. The van der Waals surface area contributed by atoms with Gasteiger partial charge in [0.15, 0.2) is 0 Å². The molecule has 5 nitrogen and oxygen atoms in total. The molecule has 1 aromatic carbocycles. The first kappa shape index (κ1) is 13.2. The van der Waals surface area contributed by atoms with Crippen LogP contribution < -0.4 is 16.6 Å². The highest BCUT2D eigenvalue weighted by molar-refractivity contribution is 5.99. The lowest BCUT2D eigenvalue weighted by Crippen LogP contribution is -2.34. The number of benzene rings is 1. The van der Waals surface area contributed by atoms with Crippen LogP contribution in [-0.4, -0.2) is 11.9 Å². The second kappa shape index (κ2) is 6.06. The number of hydrogen-bond acceptors (Lipinski definition) is 4. The first-order chi connectivity index (χ1) is 9.20. The number of carbonyl (C=O) groups is 1. The molecule has 19 heavy (non-hydrogen) atoms. The van der Waals surface area contributed by atoms with Crippen molar-refractivity contribution in [3.8, 4) is 0 Å². The highest BCUT2D eigenvalue weighted by Gasteiger charge is 2.14. The Hall–Kier alpha value is -2.27. The van der Waals surface area contributed by atoms with Gasteiger partial charge in [0, 0.05) is 12.5 Å². The summed E-state index contributed by atoms with van der Waals surface area (Å²) in [7, 11) is 0. The topological polar surface area (TPSA) is 80.3 Å². The highest BCUT2D eigenvalue weighted by atomic mass is 16.3. The zero-order chi connectivity index (χ0) is 13.7. The zero-order valence-electron chi connectivity index (χ0n) is 10.7. The molecule has 100 valence electrons. The maximum Gasteiger partial charge on any atom is 0.253 e. The lowest BCUT2D eigenvalue weighted by atomic mass is 10.1. The van der Waals surface area contributed by atoms with E-state index < -0.39 is 0 Å². The Bertz CT molecular complexity index is 537. The number of carbonyl (C=O) groups excluding carboxylic acids is 1. The second-order valence-electron chi connectivity index (χ2n) is 4.35. The zero-order valence-corrected chi connectivity index (χ0v) is 10.7. The van der Waals surface area contributed by atoms with E-state index in [1.54, 1.807) is 24.5 Å². The van der Waals surface area contributed by atoms with E-state index in [1.165, 1.54) is 0 Å². The van der Waals surface area contributed by atoms with E-state index >= 15 is 0 Å².